The molecule has 0 atom stereocenters. The number of pyridine rings is 3. The first kappa shape index (κ1) is 72.8. The highest BCUT2D eigenvalue weighted by Gasteiger charge is 2.30. The molecule has 128 heavy (non-hydrogen) atoms. The fourth-order valence-electron chi connectivity index (χ4n) is 19.4. The molecule has 596 valence electrons. The Bertz CT molecular complexity index is 9370. The minimum Gasteiger partial charge on any atom is -0.454 e. The van der Waals surface area contributed by atoms with Gasteiger partial charge in [0, 0.05) is 148 Å². The summed E-state index contributed by atoms with van der Waals surface area (Å²) in [5, 5.41) is 19.5. The van der Waals surface area contributed by atoms with E-state index in [2.05, 4.69) is 305 Å². The number of furan rings is 1. The summed E-state index contributed by atoms with van der Waals surface area (Å²) in [5.74, 6) is 2.91. The molecule has 0 amide bonds. The molecule has 0 spiro atoms. The van der Waals surface area contributed by atoms with E-state index < -0.39 is 0 Å². The van der Waals surface area contributed by atoms with Gasteiger partial charge in [-0.05, 0) is 91.0 Å². The largest absolute Gasteiger partial charge is 0.454 e. The number of hydrogen-bond donors (Lipinski definition) is 0. The third-order valence-electron chi connectivity index (χ3n) is 24.9. The van der Waals surface area contributed by atoms with Gasteiger partial charge < -0.3 is 8.98 Å². The van der Waals surface area contributed by atoms with Crippen LogP contribution >= 0.6 is 22.7 Å². The smallest absolute Gasteiger partial charge is 0.235 e. The van der Waals surface area contributed by atoms with Crippen LogP contribution in [0.1, 0.15) is 0 Å². The number of benzene rings is 16. The van der Waals surface area contributed by atoms with Crippen LogP contribution in [0.4, 0.5) is 0 Å². The summed E-state index contributed by atoms with van der Waals surface area (Å²) < 4.78 is 18.5. The van der Waals surface area contributed by atoms with Gasteiger partial charge in [-0.1, -0.05) is 291 Å². The summed E-state index contributed by atoms with van der Waals surface area (Å²) in [6.07, 6.45) is 5.65. The normalized spacial score (nSPS) is 11.9. The fraction of sp³-hybridized carbons (Fsp3) is 0. The van der Waals surface area contributed by atoms with Gasteiger partial charge in [-0.3, -0.25) is 24.1 Å². The second-order valence-electron chi connectivity index (χ2n) is 32.1. The van der Waals surface area contributed by atoms with Crippen LogP contribution < -0.4 is 0 Å². The van der Waals surface area contributed by atoms with E-state index >= 15 is 0 Å². The molecule has 0 fully saturated rings. The van der Waals surface area contributed by atoms with E-state index in [0.29, 0.717) is 17.6 Å². The van der Waals surface area contributed by atoms with Crippen molar-refractivity contribution in [1.82, 2.24) is 58.6 Å². The Morgan fingerprint density at radius 2 is 0.664 bits per heavy atom. The van der Waals surface area contributed by atoms with Crippen molar-refractivity contribution < 1.29 is 4.42 Å². The van der Waals surface area contributed by atoms with Crippen LogP contribution in [0.5, 0.6) is 0 Å². The summed E-state index contributed by atoms with van der Waals surface area (Å²) in [5.41, 5.74) is 22.0. The van der Waals surface area contributed by atoms with Crippen molar-refractivity contribution in [1.29, 1.82) is 0 Å². The Labute approximate surface area is 737 Å². The molecular weight excluding hydrogens is 1610 g/mol. The molecule has 0 aliphatic rings. The maximum absolute atomic E-state index is 6.53. The molecule has 28 rings (SSSR count). The van der Waals surface area contributed by atoms with Gasteiger partial charge in [0.1, 0.15) is 16.9 Å². The van der Waals surface area contributed by atoms with Gasteiger partial charge in [0.2, 0.25) is 5.95 Å². The molecule has 0 unspecified atom stereocenters. The van der Waals surface area contributed by atoms with Crippen LogP contribution in [0.15, 0.2) is 405 Å². The number of rotatable bonds is 8. The lowest BCUT2D eigenvalue weighted by Crippen LogP contribution is -2.03. The first-order chi connectivity index (χ1) is 63.5. The molecule has 16 aromatic carbocycles. The van der Waals surface area contributed by atoms with Gasteiger partial charge in [-0.15, -0.1) is 22.7 Å². The van der Waals surface area contributed by atoms with Crippen molar-refractivity contribution in [3.8, 4) is 74.0 Å². The highest BCUT2D eigenvalue weighted by molar-refractivity contribution is 7.27. The number of para-hydroxylation sites is 6. The molecule has 0 N–H and O–H groups in total. The van der Waals surface area contributed by atoms with Crippen molar-refractivity contribution in [3.05, 3.63) is 401 Å². The topological polar surface area (TPSA) is 144 Å². The van der Waals surface area contributed by atoms with Crippen LogP contribution in [0.3, 0.4) is 0 Å². The van der Waals surface area contributed by atoms with Gasteiger partial charge in [0.15, 0.2) is 17.2 Å². The lowest BCUT2D eigenvalue weighted by atomic mass is 10.0. The minimum atomic E-state index is 0.670. The number of nitrogens with zero attached hydrogens (tertiary/aromatic N) is 12. The summed E-state index contributed by atoms with van der Waals surface area (Å²) in [6, 6.07) is 133. The van der Waals surface area contributed by atoms with Gasteiger partial charge in [-0.25, -0.2) is 29.9 Å². The zero-order valence-corrected chi connectivity index (χ0v) is 69.8. The van der Waals surface area contributed by atoms with Crippen LogP contribution in [-0.2, 0) is 0 Å². The molecule has 12 aromatic heterocycles. The molecule has 13 nitrogen and oxygen atoms in total. The van der Waals surface area contributed by atoms with Crippen molar-refractivity contribution in [2.45, 2.75) is 0 Å². The van der Waals surface area contributed by atoms with Gasteiger partial charge in [0.05, 0.1) is 87.0 Å². The van der Waals surface area contributed by atoms with E-state index in [-0.39, 0.29) is 0 Å². The summed E-state index contributed by atoms with van der Waals surface area (Å²) in [7, 11) is 0. The summed E-state index contributed by atoms with van der Waals surface area (Å²) in [6.45, 7) is 0. The molecule has 0 saturated carbocycles. The Balaban J connectivity index is 0.000000102. The molecule has 0 aliphatic heterocycles. The SMILES string of the molecule is c1ccc(-c2cc(-c3cccc(-n4c5ccccc5c5c6cccnc6c6sc7ccccc7c6c54)c3)nc(-c3ccccc3)n2)cc1.c1ccc(-c2nc(-n3c4ccccc4c4c5cccnc5c5oc6ccccc6c5c43)c3ccccc3n2)cc1.c1ccc(-c2nc(-n3c4ccccc4c4c5cccnc5c5sc6ccccc6c5c43)nc3ccccc23)cc1. The fourth-order valence-corrected chi connectivity index (χ4v) is 21.9. The lowest BCUT2D eigenvalue weighted by molar-refractivity contribution is 0.672. The van der Waals surface area contributed by atoms with Gasteiger partial charge in [0.25, 0.3) is 0 Å². The van der Waals surface area contributed by atoms with E-state index in [9.17, 15) is 0 Å². The average Bonchev–Trinajstić information content (AvgIpc) is 1.54. The Morgan fingerprint density at radius 1 is 0.250 bits per heavy atom. The third-order valence-corrected chi connectivity index (χ3v) is 27.2. The zero-order valence-electron chi connectivity index (χ0n) is 68.2. The maximum atomic E-state index is 6.53. The van der Waals surface area contributed by atoms with Crippen molar-refractivity contribution in [2.24, 2.45) is 0 Å². The van der Waals surface area contributed by atoms with E-state index in [1.807, 2.05) is 121 Å². The predicted molar refractivity (Wildman–Crippen MR) is 530 cm³/mol. The van der Waals surface area contributed by atoms with E-state index in [1.54, 1.807) is 11.3 Å². The first-order valence-corrected chi connectivity index (χ1v) is 44.3. The monoisotopic (exact) mass is 1670 g/mol. The summed E-state index contributed by atoms with van der Waals surface area (Å²) >= 11 is 3.63. The second-order valence-corrected chi connectivity index (χ2v) is 34.2. The van der Waals surface area contributed by atoms with Crippen molar-refractivity contribution in [3.63, 3.8) is 0 Å². The Kier molecular flexibility index (Phi) is 16.7. The Morgan fingerprint density at radius 3 is 1.25 bits per heavy atom. The third kappa shape index (κ3) is 11.4. The van der Waals surface area contributed by atoms with Crippen LogP contribution in [-0.4, -0.2) is 58.6 Å². The second kappa shape index (κ2) is 29.4. The lowest BCUT2D eigenvalue weighted by Gasteiger charge is -2.13. The standard InChI is InChI=1S/C43H26N4S.C35H20N4O.C35H20N4S/c1-3-13-27(14-4-1)34-26-35(46-43(45-34)28-15-5-2-6-16-28)29-17-11-18-30(25-29)47-36-22-9-7-19-31(36)38-33-21-12-24-44-40(33)42-39(41(38)47)32-20-8-10-23-37(32)48-42;1-2-11-21(12-3-1)34-37-26-17-7-4-13-22(26)35(38-34)39-27-18-8-5-14-23(27)29-25-16-10-20-36-31(25)33-30(32(29)39)24-15-6-9-19-28(24)40-33;1-2-11-21(12-3-1)31-22-13-4-7-17-26(22)37-35(38-31)39-27-18-8-5-14-23(27)29-25-16-10-20-36-32(25)34-30(33(29)39)24-15-6-9-19-28(24)40-34/h1-26H;2*1-20H. The summed E-state index contributed by atoms with van der Waals surface area (Å²) in [4.78, 5) is 45.6. The number of fused-ring (bicyclic) bond motifs is 32. The number of aromatic nitrogens is 12. The highest BCUT2D eigenvalue weighted by Crippen LogP contribution is 2.52. The van der Waals surface area contributed by atoms with E-state index in [4.69, 9.17) is 49.3 Å². The number of thiophene rings is 2. The maximum Gasteiger partial charge on any atom is 0.235 e. The van der Waals surface area contributed by atoms with Crippen molar-refractivity contribution in [2.75, 3.05) is 0 Å². The van der Waals surface area contributed by atoms with Gasteiger partial charge in [-0.2, -0.15) is 0 Å². The van der Waals surface area contributed by atoms with Crippen LogP contribution in [0.25, 0.3) is 256 Å². The first-order valence-electron chi connectivity index (χ1n) is 42.6. The zero-order chi connectivity index (χ0) is 84.0. The molecule has 15 heteroatoms. The molecular formula is C113H66N12OS2. The van der Waals surface area contributed by atoms with Crippen LogP contribution in [0, 0.1) is 0 Å². The van der Waals surface area contributed by atoms with E-state index in [1.165, 1.54) is 72.8 Å². The molecule has 0 radical (unpaired) electrons. The molecule has 28 aromatic rings. The minimum absolute atomic E-state index is 0.670. The van der Waals surface area contributed by atoms with E-state index in [0.717, 1.165) is 166 Å². The van der Waals surface area contributed by atoms with Crippen LogP contribution in [0.2, 0.25) is 0 Å². The number of hydrogen-bond acceptors (Lipinski definition) is 12. The predicted octanol–water partition coefficient (Wildman–Crippen LogP) is 29.6. The van der Waals surface area contributed by atoms with Gasteiger partial charge >= 0.3 is 0 Å². The molecule has 0 bridgehead atoms. The molecule has 0 aliphatic carbocycles. The molecule has 0 saturated heterocycles. The van der Waals surface area contributed by atoms with Crippen molar-refractivity contribution >= 4 is 205 Å². The highest BCUT2D eigenvalue weighted by atomic mass is 32.1. The average molecular weight is 1670 g/mol. The quantitative estimate of drug-likeness (QED) is 0.144. The Hall–Kier alpha value is -16.9. The molecule has 12 heterocycles.